The van der Waals surface area contributed by atoms with E-state index in [0.717, 1.165) is 42.7 Å². The second kappa shape index (κ2) is 6.76. The summed E-state index contributed by atoms with van der Waals surface area (Å²) in [6.07, 6.45) is 3.45. The summed E-state index contributed by atoms with van der Waals surface area (Å²) in [5.41, 5.74) is 3.11. The number of para-hydroxylation sites is 1. The van der Waals surface area contributed by atoms with Crippen molar-refractivity contribution in [3.63, 3.8) is 0 Å². The minimum absolute atomic E-state index is 0.229. The molecule has 1 aromatic heterocycles. The van der Waals surface area contributed by atoms with Gasteiger partial charge >= 0.3 is 5.69 Å². The summed E-state index contributed by atoms with van der Waals surface area (Å²) in [6, 6.07) is 10.7. The van der Waals surface area contributed by atoms with Crippen molar-refractivity contribution in [3.8, 4) is 0 Å². The molecule has 4 rings (SSSR count). The topological polar surface area (TPSA) is 50.5 Å². The molecule has 0 bridgehead atoms. The van der Waals surface area contributed by atoms with Crippen LogP contribution >= 0.6 is 0 Å². The first-order chi connectivity index (χ1) is 12.5. The highest BCUT2D eigenvalue weighted by Crippen LogP contribution is 2.30. The van der Waals surface area contributed by atoms with Gasteiger partial charge in [0, 0.05) is 57.2 Å². The van der Waals surface area contributed by atoms with Crippen LogP contribution in [0.3, 0.4) is 0 Å². The normalized spacial score (nSPS) is 19.9. The van der Waals surface area contributed by atoms with Crippen molar-refractivity contribution in [2.75, 3.05) is 24.5 Å². The van der Waals surface area contributed by atoms with E-state index in [1.807, 2.05) is 0 Å². The Morgan fingerprint density at radius 2 is 1.88 bits per heavy atom. The van der Waals surface area contributed by atoms with E-state index in [9.17, 15) is 9.59 Å². The lowest BCUT2D eigenvalue weighted by molar-refractivity contribution is 0.240. The highest BCUT2D eigenvalue weighted by molar-refractivity contribution is 5.57. The highest BCUT2D eigenvalue weighted by atomic mass is 16.2. The summed E-state index contributed by atoms with van der Waals surface area (Å²) in [5.74, 6) is 0. The first kappa shape index (κ1) is 17.1. The van der Waals surface area contributed by atoms with Gasteiger partial charge in [0.2, 0.25) is 0 Å². The number of benzene rings is 1. The van der Waals surface area contributed by atoms with Crippen molar-refractivity contribution in [2.24, 2.45) is 14.1 Å². The maximum Gasteiger partial charge on any atom is 0.330 e. The average molecular weight is 354 g/mol. The van der Waals surface area contributed by atoms with Crippen molar-refractivity contribution >= 4 is 5.69 Å². The Balaban J connectivity index is 1.52. The number of hydrogen-bond acceptors (Lipinski definition) is 4. The molecule has 0 saturated carbocycles. The van der Waals surface area contributed by atoms with E-state index in [2.05, 4.69) is 34.1 Å². The minimum Gasteiger partial charge on any atom is -0.369 e. The van der Waals surface area contributed by atoms with Crippen LogP contribution in [0.15, 0.2) is 39.9 Å². The summed E-state index contributed by atoms with van der Waals surface area (Å²) < 4.78 is 2.76. The first-order valence-corrected chi connectivity index (χ1v) is 9.37. The van der Waals surface area contributed by atoms with Gasteiger partial charge in [0.1, 0.15) is 0 Å². The molecule has 2 aliphatic rings. The number of fused-ring (bicyclic) bond motifs is 1. The van der Waals surface area contributed by atoms with Crippen LogP contribution in [0.25, 0.3) is 0 Å². The molecule has 1 unspecified atom stereocenters. The zero-order chi connectivity index (χ0) is 18.3. The second-order valence-corrected chi connectivity index (χ2v) is 7.47. The third-order valence-corrected chi connectivity index (χ3v) is 5.90. The maximum atomic E-state index is 12.2. The summed E-state index contributed by atoms with van der Waals surface area (Å²) >= 11 is 0. The van der Waals surface area contributed by atoms with E-state index in [0.29, 0.717) is 12.6 Å². The molecule has 0 amide bonds. The molecule has 1 saturated heterocycles. The lowest BCUT2D eigenvalue weighted by Crippen LogP contribution is -2.42. The van der Waals surface area contributed by atoms with Crippen LogP contribution in [0.4, 0.5) is 5.69 Å². The van der Waals surface area contributed by atoms with Crippen LogP contribution in [-0.4, -0.2) is 39.7 Å². The fourth-order valence-corrected chi connectivity index (χ4v) is 4.30. The van der Waals surface area contributed by atoms with Crippen molar-refractivity contribution in [1.82, 2.24) is 14.0 Å². The number of hydrogen-bond donors (Lipinski definition) is 0. The summed E-state index contributed by atoms with van der Waals surface area (Å²) in [7, 11) is 3.27. The predicted octanol–water partition coefficient (Wildman–Crippen LogP) is 1.11. The molecular formula is C20H26N4O2. The van der Waals surface area contributed by atoms with E-state index in [4.69, 9.17) is 0 Å². The van der Waals surface area contributed by atoms with Gasteiger partial charge in [-0.2, -0.15) is 0 Å². The summed E-state index contributed by atoms with van der Waals surface area (Å²) in [6.45, 7) is 3.76. The molecule has 6 heteroatoms. The quantitative estimate of drug-likeness (QED) is 0.825. The van der Waals surface area contributed by atoms with Crippen LogP contribution in [0.2, 0.25) is 0 Å². The largest absolute Gasteiger partial charge is 0.369 e. The first-order valence-electron chi connectivity index (χ1n) is 9.37. The Hall–Kier alpha value is -2.34. The van der Waals surface area contributed by atoms with E-state index in [-0.39, 0.29) is 11.2 Å². The summed E-state index contributed by atoms with van der Waals surface area (Å²) in [4.78, 5) is 29.1. The summed E-state index contributed by atoms with van der Waals surface area (Å²) in [5, 5.41) is 0. The Morgan fingerprint density at radius 3 is 2.73 bits per heavy atom. The molecule has 6 nitrogen and oxygen atoms in total. The van der Waals surface area contributed by atoms with Gasteiger partial charge < -0.3 is 4.90 Å². The van der Waals surface area contributed by atoms with E-state index in [1.165, 1.54) is 24.7 Å². The van der Waals surface area contributed by atoms with Crippen LogP contribution in [0.1, 0.15) is 24.1 Å². The van der Waals surface area contributed by atoms with Crippen LogP contribution in [0.5, 0.6) is 0 Å². The van der Waals surface area contributed by atoms with Crippen LogP contribution in [0, 0.1) is 0 Å². The molecule has 0 N–H and O–H groups in total. The Morgan fingerprint density at radius 1 is 1.08 bits per heavy atom. The number of nitrogens with zero attached hydrogens (tertiary/aromatic N) is 4. The number of likely N-dealkylation sites (tertiary alicyclic amines) is 1. The molecule has 0 spiro atoms. The minimum atomic E-state index is -0.253. The standard InChI is InChI=1S/C20H26N4O2/c1-21-17(12-19(25)22(2)20(21)26)14-23-10-5-7-16(23)13-24-11-9-15-6-3-4-8-18(15)24/h3-4,6,8,12,16H,5,7,9-11,13-14H2,1-2H3. The van der Waals surface area contributed by atoms with E-state index < -0.39 is 0 Å². The van der Waals surface area contributed by atoms with Gasteiger partial charge in [-0.3, -0.25) is 18.8 Å². The molecule has 0 radical (unpaired) electrons. The zero-order valence-corrected chi connectivity index (χ0v) is 15.5. The fraction of sp³-hybridized carbons (Fsp3) is 0.500. The van der Waals surface area contributed by atoms with Gasteiger partial charge in [0.15, 0.2) is 0 Å². The van der Waals surface area contributed by atoms with Crippen molar-refractivity contribution in [3.05, 3.63) is 62.4 Å². The Kier molecular flexibility index (Phi) is 4.44. The number of aromatic nitrogens is 2. The highest BCUT2D eigenvalue weighted by Gasteiger charge is 2.29. The molecule has 2 aliphatic heterocycles. The van der Waals surface area contributed by atoms with Crippen molar-refractivity contribution in [1.29, 1.82) is 0 Å². The maximum absolute atomic E-state index is 12.2. The fourth-order valence-electron chi connectivity index (χ4n) is 4.30. The van der Waals surface area contributed by atoms with Crippen LogP contribution in [-0.2, 0) is 27.1 Å². The third kappa shape index (κ3) is 2.98. The van der Waals surface area contributed by atoms with Gasteiger partial charge in [0.05, 0.1) is 0 Å². The van der Waals surface area contributed by atoms with Crippen molar-refractivity contribution in [2.45, 2.75) is 31.8 Å². The molecule has 1 aromatic carbocycles. The van der Waals surface area contributed by atoms with Gasteiger partial charge in [-0.15, -0.1) is 0 Å². The average Bonchev–Trinajstić information content (AvgIpc) is 3.26. The lowest BCUT2D eigenvalue weighted by atomic mass is 10.1. The smallest absolute Gasteiger partial charge is 0.330 e. The molecule has 1 atom stereocenters. The van der Waals surface area contributed by atoms with Crippen molar-refractivity contribution < 1.29 is 0 Å². The molecular weight excluding hydrogens is 328 g/mol. The van der Waals surface area contributed by atoms with Gasteiger partial charge in [-0.1, -0.05) is 18.2 Å². The van der Waals surface area contributed by atoms with Gasteiger partial charge in [-0.25, -0.2) is 4.79 Å². The SMILES string of the molecule is Cn1c(CN2CCCC2CN2CCc3ccccc32)cc(=O)n(C)c1=O. The Labute approximate surface area is 153 Å². The zero-order valence-electron chi connectivity index (χ0n) is 15.5. The van der Waals surface area contributed by atoms with E-state index >= 15 is 0 Å². The number of anilines is 1. The molecule has 1 fully saturated rings. The predicted molar refractivity (Wildman–Crippen MR) is 103 cm³/mol. The Bertz CT molecular complexity index is 930. The van der Waals surface area contributed by atoms with Gasteiger partial charge in [0.25, 0.3) is 5.56 Å². The molecule has 3 heterocycles. The molecule has 2 aromatic rings. The third-order valence-electron chi connectivity index (χ3n) is 5.90. The molecule has 138 valence electrons. The van der Waals surface area contributed by atoms with Crippen LogP contribution < -0.4 is 16.1 Å². The second-order valence-electron chi connectivity index (χ2n) is 7.47. The number of rotatable bonds is 4. The van der Waals surface area contributed by atoms with Gasteiger partial charge in [-0.05, 0) is 37.4 Å². The molecule has 26 heavy (non-hydrogen) atoms. The lowest BCUT2D eigenvalue weighted by Gasteiger charge is -2.30. The van der Waals surface area contributed by atoms with E-state index in [1.54, 1.807) is 17.7 Å². The monoisotopic (exact) mass is 354 g/mol. The molecule has 0 aliphatic carbocycles.